The van der Waals surface area contributed by atoms with Crippen molar-refractivity contribution in [1.29, 1.82) is 0 Å². The predicted octanol–water partition coefficient (Wildman–Crippen LogP) is 4.10. The highest BCUT2D eigenvalue weighted by Gasteiger charge is 2.40. The number of hydrogen-bond donors (Lipinski definition) is 1. The molecule has 1 aromatic carbocycles. The highest BCUT2D eigenvalue weighted by Crippen LogP contribution is 2.45. The van der Waals surface area contributed by atoms with E-state index in [9.17, 15) is 4.79 Å². The van der Waals surface area contributed by atoms with Crippen molar-refractivity contribution in [2.45, 2.75) is 65.1 Å². The molecule has 1 N–H and O–H groups in total. The first-order chi connectivity index (χ1) is 16.3. The number of benzene rings is 1. The fourth-order valence-corrected chi connectivity index (χ4v) is 6.33. The molecule has 7 nitrogen and oxygen atoms in total. The summed E-state index contributed by atoms with van der Waals surface area (Å²) < 4.78 is 17.2. The summed E-state index contributed by atoms with van der Waals surface area (Å²) in [6.07, 6.45) is 3.02. The van der Waals surface area contributed by atoms with Crippen molar-refractivity contribution in [1.82, 2.24) is 15.1 Å². The van der Waals surface area contributed by atoms with Crippen molar-refractivity contribution in [3.8, 4) is 11.5 Å². The molecule has 190 valence electrons. The van der Waals surface area contributed by atoms with Crippen LogP contribution in [0.4, 0.5) is 4.79 Å². The highest BCUT2D eigenvalue weighted by molar-refractivity contribution is 5.68. The predicted molar refractivity (Wildman–Crippen MR) is 134 cm³/mol. The molecule has 3 heterocycles. The summed E-state index contributed by atoms with van der Waals surface area (Å²) in [5, 5.41) is 3.39. The molecule has 34 heavy (non-hydrogen) atoms. The Balaban J connectivity index is 1.52. The van der Waals surface area contributed by atoms with Crippen LogP contribution >= 0.6 is 0 Å². The Hall–Kier alpha value is -1.99. The highest BCUT2D eigenvalue weighted by atomic mass is 16.6. The Morgan fingerprint density at radius 3 is 2.41 bits per heavy atom. The molecule has 0 aromatic heterocycles. The number of amides is 1. The van der Waals surface area contributed by atoms with Crippen molar-refractivity contribution in [2.75, 3.05) is 47.0 Å². The summed E-state index contributed by atoms with van der Waals surface area (Å²) in [5.74, 6) is 3.09. The third-order valence-electron chi connectivity index (χ3n) is 8.01. The van der Waals surface area contributed by atoms with Crippen molar-refractivity contribution >= 4 is 6.09 Å². The van der Waals surface area contributed by atoms with E-state index in [1.54, 1.807) is 14.2 Å². The van der Waals surface area contributed by atoms with Gasteiger partial charge in [-0.25, -0.2) is 4.79 Å². The fourth-order valence-electron chi connectivity index (χ4n) is 6.33. The van der Waals surface area contributed by atoms with Crippen molar-refractivity contribution in [3.63, 3.8) is 0 Å². The van der Waals surface area contributed by atoms with Gasteiger partial charge >= 0.3 is 6.09 Å². The maximum atomic E-state index is 13.1. The molecule has 3 aliphatic heterocycles. The lowest BCUT2D eigenvalue weighted by Gasteiger charge is -2.48. The van der Waals surface area contributed by atoms with Gasteiger partial charge in [-0.05, 0) is 74.1 Å². The van der Waals surface area contributed by atoms with E-state index in [0.29, 0.717) is 30.4 Å². The van der Waals surface area contributed by atoms with Gasteiger partial charge in [0, 0.05) is 44.3 Å². The van der Waals surface area contributed by atoms with Gasteiger partial charge in [0.1, 0.15) is 0 Å². The van der Waals surface area contributed by atoms with E-state index in [1.165, 1.54) is 11.1 Å². The molecule has 7 heteroatoms. The maximum Gasteiger partial charge on any atom is 0.410 e. The number of piperazine rings is 1. The summed E-state index contributed by atoms with van der Waals surface area (Å²) in [6.45, 7) is 13.0. The van der Waals surface area contributed by atoms with Crippen LogP contribution in [0.2, 0.25) is 0 Å². The van der Waals surface area contributed by atoms with E-state index >= 15 is 0 Å². The molecule has 1 amide bonds. The van der Waals surface area contributed by atoms with Crippen LogP contribution in [-0.4, -0.2) is 75.0 Å². The monoisotopic (exact) mass is 473 g/mol. The Morgan fingerprint density at radius 2 is 1.76 bits per heavy atom. The van der Waals surface area contributed by atoms with Gasteiger partial charge in [0.05, 0.1) is 20.8 Å². The number of ether oxygens (including phenoxy) is 3. The summed E-state index contributed by atoms with van der Waals surface area (Å²) in [5.41, 5.74) is 2.69. The van der Waals surface area contributed by atoms with E-state index in [0.717, 1.165) is 56.9 Å². The molecular weight excluding hydrogens is 430 g/mol. The van der Waals surface area contributed by atoms with E-state index in [2.05, 4.69) is 50.0 Å². The van der Waals surface area contributed by atoms with Gasteiger partial charge in [-0.2, -0.15) is 0 Å². The maximum absolute atomic E-state index is 13.1. The van der Waals surface area contributed by atoms with Crippen LogP contribution < -0.4 is 14.8 Å². The van der Waals surface area contributed by atoms with Crippen LogP contribution in [0.5, 0.6) is 11.5 Å². The first kappa shape index (κ1) is 25.1. The van der Waals surface area contributed by atoms with Gasteiger partial charge in [-0.15, -0.1) is 0 Å². The molecule has 0 aliphatic carbocycles. The lowest BCUT2D eigenvalue weighted by molar-refractivity contribution is -0.00223. The van der Waals surface area contributed by atoms with Gasteiger partial charge in [-0.3, -0.25) is 4.90 Å². The van der Waals surface area contributed by atoms with Crippen molar-refractivity contribution in [3.05, 3.63) is 23.3 Å². The number of piperidine rings is 1. The van der Waals surface area contributed by atoms with Crippen LogP contribution in [0.3, 0.4) is 0 Å². The Bertz CT molecular complexity index is 851. The van der Waals surface area contributed by atoms with E-state index in [1.807, 2.05) is 4.90 Å². The normalized spacial score (nSPS) is 29.4. The Labute approximate surface area is 205 Å². The molecule has 1 aromatic rings. The quantitative estimate of drug-likeness (QED) is 0.671. The lowest BCUT2D eigenvalue weighted by Crippen LogP contribution is -2.57. The number of nitrogens with one attached hydrogen (secondary N) is 1. The molecule has 3 unspecified atom stereocenters. The largest absolute Gasteiger partial charge is 0.493 e. The first-order valence-electron chi connectivity index (χ1n) is 13.0. The van der Waals surface area contributed by atoms with Gasteiger partial charge < -0.3 is 24.4 Å². The second-order valence-corrected chi connectivity index (χ2v) is 10.9. The topological polar surface area (TPSA) is 63.3 Å². The number of rotatable bonds is 6. The number of carbonyl (C=O) groups is 1. The second kappa shape index (κ2) is 10.7. The number of nitrogens with zero attached hydrogens (tertiary/aromatic N) is 2. The van der Waals surface area contributed by atoms with Crippen LogP contribution in [0.15, 0.2) is 12.1 Å². The van der Waals surface area contributed by atoms with Crippen molar-refractivity contribution in [2.24, 2.45) is 17.8 Å². The third kappa shape index (κ3) is 5.15. The van der Waals surface area contributed by atoms with Crippen LogP contribution in [0, 0.1) is 17.8 Å². The summed E-state index contributed by atoms with van der Waals surface area (Å²) in [7, 11) is 3.39. The first-order valence-corrected chi connectivity index (χ1v) is 13.0. The zero-order valence-corrected chi connectivity index (χ0v) is 21.8. The van der Waals surface area contributed by atoms with E-state index < -0.39 is 0 Å². The number of fused-ring (bicyclic) bond motifs is 3. The van der Waals surface area contributed by atoms with Gasteiger partial charge in [0.2, 0.25) is 0 Å². The van der Waals surface area contributed by atoms with Crippen LogP contribution in [-0.2, 0) is 11.2 Å². The zero-order valence-electron chi connectivity index (χ0n) is 21.8. The van der Waals surface area contributed by atoms with Gasteiger partial charge in [0.25, 0.3) is 0 Å². The molecule has 4 rings (SSSR count). The molecule has 2 fully saturated rings. The fraction of sp³-hybridized carbons (Fsp3) is 0.741. The van der Waals surface area contributed by atoms with Crippen molar-refractivity contribution < 1.29 is 19.0 Å². The van der Waals surface area contributed by atoms with Gasteiger partial charge in [-0.1, -0.05) is 13.8 Å². The molecule has 0 spiro atoms. The number of carbonyl (C=O) groups excluding carboxylic acids is 1. The second-order valence-electron chi connectivity index (χ2n) is 10.9. The lowest BCUT2D eigenvalue weighted by atomic mass is 9.74. The molecule has 5 atom stereocenters. The number of methoxy groups -OCH3 is 2. The molecule has 0 saturated carbocycles. The molecule has 0 bridgehead atoms. The minimum absolute atomic E-state index is 0.150. The average Bonchev–Trinajstić information content (AvgIpc) is 2.81. The minimum atomic E-state index is -0.164. The van der Waals surface area contributed by atoms with Gasteiger partial charge in [0.15, 0.2) is 11.5 Å². The number of hydrogen-bond acceptors (Lipinski definition) is 6. The summed E-state index contributed by atoms with van der Waals surface area (Å²) >= 11 is 0. The molecule has 2 saturated heterocycles. The van der Waals surface area contributed by atoms with E-state index in [-0.39, 0.29) is 18.2 Å². The average molecular weight is 474 g/mol. The third-order valence-corrected chi connectivity index (χ3v) is 8.01. The molecular formula is C27H43N3O4. The van der Waals surface area contributed by atoms with Crippen LogP contribution in [0.25, 0.3) is 0 Å². The molecule has 3 aliphatic rings. The Morgan fingerprint density at radius 1 is 1.09 bits per heavy atom. The SMILES string of the molecule is COc1cc2c(cc1OC)C1CC(COC(=O)N3[C@H](C)CNC[C@@H]3C)C(CC(C)C)CN1CC2. The summed E-state index contributed by atoms with van der Waals surface area (Å²) in [4.78, 5) is 17.6. The smallest absolute Gasteiger partial charge is 0.410 e. The van der Waals surface area contributed by atoms with Crippen LogP contribution in [0.1, 0.15) is 57.7 Å². The Kier molecular flexibility index (Phi) is 7.93. The summed E-state index contributed by atoms with van der Waals surface area (Å²) in [6, 6.07) is 4.94. The van der Waals surface area contributed by atoms with E-state index in [4.69, 9.17) is 14.2 Å². The minimum Gasteiger partial charge on any atom is -0.493 e. The standard InChI is InChI=1S/C27H43N3O4/c1-17(2)9-21-15-29-8-7-20-11-25(32-5)26(33-6)12-23(20)24(29)10-22(21)16-34-27(31)30-18(3)13-28-14-19(30)4/h11-12,17-19,21-22,24,28H,7-10,13-16H2,1-6H3/t18-,19+,21?,22?,24?. The zero-order chi connectivity index (χ0) is 24.4. The molecule has 0 radical (unpaired) electrons.